The monoisotopic (exact) mass is 324 g/mol. The van der Waals surface area contributed by atoms with Crippen LogP contribution in [0, 0.1) is 25.2 Å². The summed E-state index contributed by atoms with van der Waals surface area (Å²) in [5, 5.41) is 22.3. The number of hydrogen-bond donors (Lipinski definition) is 0. The van der Waals surface area contributed by atoms with Crippen LogP contribution >= 0.6 is 0 Å². The van der Waals surface area contributed by atoms with Crippen molar-refractivity contribution >= 4 is 5.82 Å². The summed E-state index contributed by atoms with van der Waals surface area (Å²) >= 11 is 0. The van der Waals surface area contributed by atoms with Gasteiger partial charge in [0.2, 0.25) is 0 Å². The second-order valence-corrected chi connectivity index (χ2v) is 6.39. The quantitative estimate of drug-likeness (QED) is 0.835. The van der Waals surface area contributed by atoms with Crippen molar-refractivity contribution in [2.75, 3.05) is 11.4 Å². The number of fused-ring (bicyclic) bond motifs is 1. The van der Waals surface area contributed by atoms with Crippen molar-refractivity contribution in [2.24, 2.45) is 0 Å². The Kier molecular flexibility index (Phi) is 4.06. The van der Waals surface area contributed by atoms with E-state index < -0.39 is 0 Å². The van der Waals surface area contributed by atoms with Gasteiger partial charge in [-0.1, -0.05) is 0 Å². The molecular weight excluding hydrogens is 304 g/mol. The van der Waals surface area contributed by atoms with Gasteiger partial charge in [0.15, 0.2) is 5.82 Å². The molecule has 0 fully saturated rings. The lowest BCUT2D eigenvalue weighted by atomic mass is 10.0. The average molecular weight is 324 g/mol. The molecule has 24 heavy (non-hydrogen) atoms. The molecule has 0 unspecified atom stereocenters. The van der Waals surface area contributed by atoms with Crippen LogP contribution in [0.5, 0.6) is 0 Å². The molecule has 2 aromatic rings. The Bertz CT molecular complexity index is 893. The number of hydrogen-bond acceptors (Lipinski definition) is 6. The molecular formula is C17H20N6O. The van der Waals surface area contributed by atoms with Crippen LogP contribution in [0.2, 0.25) is 0 Å². The lowest BCUT2D eigenvalue weighted by Crippen LogP contribution is -2.36. The van der Waals surface area contributed by atoms with E-state index in [0.717, 1.165) is 22.5 Å². The topological polar surface area (TPSA) is 87.7 Å². The highest BCUT2D eigenvalue weighted by Gasteiger charge is 2.24. The molecule has 7 heteroatoms. The molecule has 2 aromatic heterocycles. The minimum absolute atomic E-state index is 0.0386. The fourth-order valence-corrected chi connectivity index (χ4v) is 2.92. The predicted octanol–water partition coefficient (Wildman–Crippen LogP) is 1.67. The fraction of sp³-hybridized carbons (Fsp3) is 0.471. The molecule has 0 saturated heterocycles. The van der Waals surface area contributed by atoms with Gasteiger partial charge in [-0.2, -0.15) is 15.5 Å². The summed E-state index contributed by atoms with van der Waals surface area (Å²) in [6, 6.07) is 3.92. The zero-order chi connectivity index (χ0) is 17.4. The molecule has 0 aliphatic carbocycles. The van der Waals surface area contributed by atoms with Gasteiger partial charge in [-0.25, -0.2) is 4.68 Å². The Morgan fingerprint density at radius 2 is 2.04 bits per heavy atom. The normalized spacial score (nSPS) is 13.8. The van der Waals surface area contributed by atoms with Crippen molar-refractivity contribution in [2.45, 2.75) is 46.7 Å². The van der Waals surface area contributed by atoms with Crippen LogP contribution in [-0.4, -0.2) is 26.5 Å². The summed E-state index contributed by atoms with van der Waals surface area (Å²) in [6.45, 7) is 8.83. The van der Waals surface area contributed by atoms with Gasteiger partial charge in [-0.3, -0.25) is 4.79 Å². The van der Waals surface area contributed by atoms with E-state index in [9.17, 15) is 10.1 Å². The predicted molar refractivity (Wildman–Crippen MR) is 89.9 cm³/mol. The van der Waals surface area contributed by atoms with Crippen molar-refractivity contribution < 1.29 is 0 Å². The Balaban J connectivity index is 2.00. The van der Waals surface area contributed by atoms with Crippen LogP contribution < -0.4 is 10.5 Å². The molecule has 3 rings (SSSR count). The molecule has 0 saturated carbocycles. The Morgan fingerprint density at radius 1 is 1.29 bits per heavy atom. The smallest absolute Gasteiger partial charge is 0.267 e. The van der Waals surface area contributed by atoms with Crippen LogP contribution in [0.1, 0.15) is 48.0 Å². The third kappa shape index (κ3) is 2.64. The first kappa shape index (κ1) is 16.1. The zero-order valence-electron chi connectivity index (χ0n) is 14.4. The number of aryl methyl sites for hydroxylation is 1. The van der Waals surface area contributed by atoms with Crippen molar-refractivity contribution in [1.29, 1.82) is 5.26 Å². The summed E-state index contributed by atoms with van der Waals surface area (Å²) < 4.78 is 1.52. The van der Waals surface area contributed by atoms with E-state index >= 15 is 0 Å². The van der Waals surface area contributed by atoms with Gasteiger partial charge in [-0.05, 0) is 33.3 Å². The molecule has 1 aliphatic rings. The highest BCUT2D eigenvalue weighted by atomic mass is 16.1. The van der Waals surface area contributed by atoms with Crippen molar-refractivity contribution in [3.8, 4) is 6.07 Å². The molecule has 0 N–H and O–H groups in total. The maximum atomic E-state index is 12.2. The van der Waals surface area contributed by atoms with Crippen LogP contribution in [0.15, 0.2) is 10.9 Å². The molecule has 0 spiro atoms. The summed E-state index contributed by atoms with van der Waals surface area (Å²) in [6.07, 6.45) is 0.710. The second-order valence-electron chi connectivity index (χ2n) is 6.39. The Hall–Kier alpha value is -2.75. The minimum atomic E-state index is -0.0997. The van der Waals surface area contributed by atoms with Gasteiger partial charge < -0.3 is 4.90 Å². The van der Waals surface area contributed by atoms with Crippen molar-refractivity contribution in [3.05, 3.63) is 44.5 Å². The van der Waals surface area contributed by atoms with Crippen molar-refractivity contribution in [1.82, 2.24) is 20.0 Å². The van der Waals surface area contributed by atoms with Crippen LogP contribution in [0.3, 0.4) is 0 Å². The zero-order valence-corrected chi connectivity index (χ0v) is 14.4. The molecule has 0 atom stereocenters. The van der Waals surface area contributed by atoms with Crippen LogP contribution in [0.25, 0.3) is 0 Å². The van der Waals surface area contributed by atoms with Gasteiger partial charge in [0.1, 0.15) is 11.6 Å². The lowest BCUT2D eigenvalue weighted by molar-refractivity contribution is 0.484. The number of rotatable bonds is 2. The van der Waals surface area contributed by atoms with Gasteiger partial charge in [0.05, 0.1) is 17.4 Å². The summed E-state index contributed by atoms with van der Waals surface area (Å²) in [5.41, 5.74) is 3.89. The van der Waals surface area contributed by atoms with Crippen molar-refractivity contribution in [3.63, 3.8) is 0 Å². The molecule has 0 radical (unpaired) electrons. The lowest BCUT2D eigenvalue weighted by Gasteiger charge is -2.30. The summed E-state index contributed by atoms with van der Waals surface area (Å²) in [7, 11) is 0. The number of nitrogens with zero attached hydrogens (tertiary/aromatic N) is 6. The molecule has 0 amide bonds. The molecule has 124 valence electrons. The van der Waals surface area contributed by atoms with Gasteiger partial charge in [-0.15, -0.1) is 5.10 Å². The Morgan fingerprint density at radius 3 is 2.71 bits per heavy atom. The van der Waals surface area contributed by atoms with E-state index in [4.69, 9.17) is 0 Å². The second kappa shape index (κ2) is 6.04. The third-order valence-corrected chi connectivity index (χ3v) is 4.44. The summed E-state index contributed by atoms with van der Waals surface area (Å²) in [4.78, 5) is 14.2. The van der Waals surface area contributed by atoms with E-state index in [-0.39, 0.29) is 11.6 Å². The summed E-state index contributed by atoms with van der Waals surface area (Å²) in [5.74, 6) is 0.583. The maximum Gasteiger partial charge on any atom is 0.267 e. The first-order valence-corrected chi connectivity index (χ1v) is 8.03. The number of anilines is 1. The first-order chi connectivity index (χ1) is 11.4. The number of nitriles is 1. The van der Waals surface area contributed by atoms with Crippen LogP contribution in [-0.2, 0) is 13.0 Å². The molecule has 3 heterocycles. The highest BCUT2D eigenvalue weighted by molar-refractivity contribution is 5.58. The molecule has 0 bridgehead atoms. The van der Waals surface area contributed by atoms with Gasteiger partial charge in [0, 0.05) is 31.1 Å². The maximum absolute atomic E-state index is 12.2. The highest BCUT2D eigenvalue weighted by Crippen LogP contribution is 2.26. The van der Waals surface area contributed by atoms with Gasteiger partial charge in [0.25, 0.3) is 5.56 Å². The SMILES string of the molecule is Cc1nnc(N2CCc3nn(C(C)C)c(=O)cc3C2)c(C#N)c1C. The first-order valence-electron chi connectivity index (χ1n) is 8.03. The number of aromatic nitrogens is 4. The van der Waals surface area contributed by atoms with E-state index in [0.29, 0.717) is 30.9 Å². The standard InChI is InChI=1S/C17H20N6O/c1-10(2)23-16(24)7-13-9-22(6-5-15(13)21-23)17-14(8-18)11(3)12(4)19-20-17/h7,10H,5-6,9H2,1-4H3. The fourth-order valence-electron chi connectivity index (χ4n) is 2.92. The van der Waals surface area contributed by atoms with E-state index in [1.165, 1.54) is 4.68 Å². The largest absolute Gasteiger partial charge is 0.349 e. The van der Waals surface area contributed by atoms with E-state index in [2.05, 4.69) is 21.4 Å². The Labute approximate surface area is 140 Å². The average Bonchev–Trinajstić information content (AvgIpc) is 2.55. The molecule has 7 nitrogen and oxygen atoms in total. The van der Waals surface area contributed by atoms with Gasteiger partial charge >= 0.3 is 0 Å². The van der Waals surface area contributed by atoms with E-state index in [1.807, 2.05) is 32.6 Å². The van der Waals surface area contributed by atoms with Crippen LogP contribution in [0.4, 0.5) is 5.82 Å². The minimum Gasteiger partial charge on any atom is -0.349 e. The molecule has 0 aromatic carbocycles. The molecule has 1 aliphatic heterocycles. The third-order valence-electron chi connectivity index (χ3n) is 4.44. The van der Waals surface area contributed by atoms with E-state index in [1.54, 1.807) is 6.07 Å².